The first kappa shape index (κ1) is 12.9. The fraction of sp³-hybridized carbons (Fsp3) is 0.364. The van der Waals surface area contributed by atoms with Crippen LogP contribution < -0.4 is 5.32 Å². The van der Waals surface area contributed by atoms with Gasteiger partial charge in [-0.1, -0.05) is 6.07 Å². The summed E-state index contributed by atoms with van der Waals surface area (Å²) in [6, 6.07) is 3.39. The normalized spacial score (nSPS) is 12.2. The highest BCUT2D eigenvalue weighted by Crippen LogP contribution is 2.09. The summed E-state index contributed by atoms with van der Waals surface area (Å²) in [5.41, 5.74) is 0.429. The van der Waals surface area contributed by atoms with Crippen LogP contribution in [0.4, 0.5) is 8.78 Å². The van der Waals surface area contributed by atoms with Crippen LogP contribution in [0, 0.1) is 11.6 Å². The largest absolute Gasteiger partial charge is 0.354 e. The van der Waals surface area contributed by atoms with Gasteiger partial charge in [-0.2, -0.15) is 0 Å². The van der Waals surface area contributed by atoms with Crippen LogP contribution in [0.1, 0.15) is 12.5 Å². The molecule has 0 aliphatic carbocycles. The quantitative estimate of drug-likeness (QED) is 0.813. The molecule has 1 aromatic carbocycles. The summed E-state index contributed by atoms with van der Waals surface area (Å²) >= 11 is 5.65. The minimum atomic E-state index is -0.948. The maximum absolute atomic E-state index is 12.8. The Morgan fingerprint density at radius 3 is 2.69 bits per heavy atom. The number of hydrogen-bond donors (Lipinski definition) is 1. The average molecular weight is 248 g/mol. The van der Waals surface area contributed by atoms with Crippen molar-refractivity contribution in [3.63, 3.8) is 0 Å². The molecule has 0 aromatic heterocycles. The zero-order valence-electron chi connectivity index (χ0n) is 8.77. The standard InChI is InChI=1S/C11H12ClF2NO/c1-7(12)6-15-11(16)5-8-2-3-9(13)10(14)4-8/h2-4,7H,5-6H2,1H3,(H,15,16). The van der Waals surface area contributed by atoms with Gasteiger partial charge in [-0.05, 0) is 24.6 Å². The molecule has 88 valence electrons. The highest BCUT2D eigenvalue weighted by molar-refractivity contribution is 6.20. The van der Waals surface area contributed by atoms with Crippen molar-refractivity contribution >= 4 is 17.5 Å². The molecular weight excluding hydrogens is 236 g/mol. The third-order valence-corrected chi connectivity index (χ3v) is 2.08. The molecule has 1 rings (SSSR count). The number of rotatable bonds is 4. The monoisotopic (exact) mass is 247 g/mol. The van der Waals surface area contributed by atoms with Crippen LogP contribution in [-0.2, 0) is 11.2 Å². The minimum Gasteiger partial charge on any atom is -0.354 e. The Hall–Kier alpha value is -1.16. The lowest BCUT2D eigenvalue weighted by Crippen LogP contribution is -2.29. The molecular formula is C11H12ClF2NO. The van der Waals surface area contributed by atoms with E-state index in [1.807, 2.05) is 0 Å². The Labute approximate surface area is 97.6 Å². The van der Waals surface area contributed by atoms with Crippen molar-refractivity contribution < 1.29 is 13.6 Å². The Morgan fingerprint density at radius 1 is 1.44 bits per heavy atom. The first-order valence-corrected chi connectivity index (χ1v) is 5.27. The van der Waals surface area contributed by atoms with Crippen molar-refractivity contribution in [3.8, 4) is 0 Å². The molecule has 1 unspecified atom stereocenters. The van der Waals surface area contributed by atoms with Gasteiger partial charge in [-0.25, -0.2) is 8.78 Å². The van der Waals surface area contributed by atoms with Gasteiger partial charge in [0, 0.05) is 11.9 Å². The van der Waals surface area contributed by atoms with Crippen LogP contribution in [0.3, 0.4) is 0 Å². The number of carbonyl (C=O) groups excluding carboxylic acids is 1. The molecule has 0 aliphatic rings. The van der Waals surface area contributed by atoms with E-state index >= 15 is 0 Å². The SMILES string of the molecule is CC(Cl)CNC(=O)Cc1ccc(F)c(F)c1. The highest BCUT2D eigenvalue weighted by Gasteiger charge is 2.07. The summed E-state index contributed by atoms with van der Waals surface area (Å²) < 4.78 is 25.4. The summed E-state index contributed by atoms with van der Waals surface area (Å²) in [5, 5.41) is 2.42. The van der Waals surface area contributed by atoms with Crippen LogP contribution in [0.15, 0.2) is 18.2 Å². The van der Waals surface area contributed by atoms with E-state index in [4.69, 9.17) is 11.6 Å². The smallest absolute Gasteiger partial charge is 0.224 e. The van der Waals surface area contributed by atoms with Crippen LogP contribution in [0.25, 0.3) is 0 Å². The predicted octanol–water partition coefficient (Wildman–Crippen LogP) is 2.25. The lowest BCUT2D eigenvalue weighted by Gasteiger charge is -2.06. The molecule has 0 fully saturated rings. The van der Waals surface area contributed by atoms with E-state index < -0.39 is 11.6 Å². The van der Waals surface area contributed by atoms with Crippen LogP contribution in [-0.4, -0.2) is 17.8 Å². The van der Waals surface area contributed by atoms with Crippen molar-refractivity contribution in [2.45, 2.75) is 18.7 Å². The lowest BCUT2D eigenvalue weighted by molar-refractivity contribution is -0.120. The predicted molar refractivity (Wildman–Crippen MR) is 58.4 cm³/mol. The molecule has 0 saturated heterocycles. The molecule has 0 bridgehead atoms. The topological polar surface area (TPSA) is 29.1 Å². The van der Waals surface area contributed by atoms with Gasteiger partial charge in [-0.15, -0.1) is 11.6 Å². The number of benzene rings is 1. The maximum Gasteiger partial charge on any atom is 0.224 e. The average Bonchev–Trinajstić information content (AvgIpc) is 2.21. The van der Waals surface area contributed by atoms with Crippen LogP contribution in [0.5, 0.6) is 0 Å². The maximum atomic E-state index is 12.8. The number of amides is 1. The van der Waals surface area contributed by atoms with Crippen molar-refractivity contribution in [2.75, 3.05) is 6.54 Å². The Kier molecular flexibility index (Phi) is 4.68. The third kappa shape index (κ3) is 4.14. The van der Waals surface area contributed by atoms with Gasteiger partial charge in [0.25, 0.3) is 0 Å². The Morgan fingerprint density at radius 2 is 2.12 bits per heavy atom. The molecule has 1 amide bonds. The van der Waals surface area contributed by atoms with Crippen LogP contribution in [0.2, 0.25) is 0 Å². The van der Waals surface area contributed by atoms with Gasteiger partial charge >= 0.3 is 0 Å². The molecule has 0 radical (unpaired) electrons. The molecule has 0 heterocycles. The molecule has 2 nitrogen and oxygen atoms in total. The zero-order chi connectivity index (χ0) is 12.1. The minimum absolute atomic E-state index is 0.0147. The summed E-state index contributed by atoms with van der Waals surface area (Å²) in [5.74, 6) is -2.13. The fourth-order valence-electron chi connectivity index (χ4n) is 1.15. The lowest BCUT2D eigenvalue weighted by atomic mass is 10.1. The first-order chi connectivity index (χ1) is 7.49. The van der Waals surface area contributed by atoms with E-state index in [9.17, 15) is 13.6 Å². The van der Waals surface area contributed by atoms with Crippen molar-refractivity contribution in [3.05, 3.63) is 35.4 Å². The Balaban J connectivity index is 2.53. The van der Waals surface area contributed by atoms with E-state index in [-0.39, 0.29) is 17.7 Å². The Bertz CT molecular complexity index is 382. The van der Waals surface area contributed by atoms with E-state index in [0.717, 1.165) is 12.1 Å². The molecule has 16 heavy (non-hydrogen) atoms. The molecule has 0 saturated carbocycles. The van der Waals surface area contributed by atoms with Crippen molar-refractivity contribution in [1.29, 1.82) is 0 Å². The molecule has 1 atom stereocenters. The number of alkyl halides is 1. The van der Waals surface area contributed by atoms with Crippen LogP contribution >= 0.6 is 11.6 Å². The molecule has 5 heteroatoms. The van der Waals surface area contributed by atoms with Gasteiger partial charge in [0.1, 0.15) is 0 Å². The van der Waals surface area contributed by atoms with E-state index in [1.165, 1.54) is 6.07 Å². The first-order valence-electron chi connectivity index (χ1n) is 4.83. The summed E-state index contributed by atoms with van der Waals surface area (Å²) in [6.45, 7) is 2.10. The molecule has 1 aromatic rings. The van der Waals surface area contributed by atoms with E-state index in [2.05, 4.69) is 5.32 Å². The van der Waals surface area contributed by atoms with Gasteiger partial charge in [0.05, 0.1) is 6.42 Å². The fourth-order valence-corrected chi connectivity index (χ4v) is 1.23. The highest BCUT2D eigenvalue weighted by atomic mass is 35.5. The number of carbonyl (C=O) groups is 1. The molecule has 0 aliphatic heterocycles. The third-order valence-electron chi connectivity index (χ3n) is 1.93. The van der Waals surface area contributed by atoms with Gasteiger partial charge < -0.3 is 5.32 Å². The molecule has 1 N–H and O–H groups in total. The van der Waals surface area contributed by atoms with Gasteiger partial charge in [-0.3, -0.25) is 4.79 Å². The van der Waals surface area contributed by atoms with Gasteiger partial charge in [0.15, 0.2) is 11.6 Å². The van der Waals surface area contributed by atoms with Crippen molar-refractivity contribution in [1.82, 2.24) is 5.32 Å². The summed E-state index contributed by atoms with van der Waals surface area (Å²) in [6.07, 6.45) is 0.0147. The summed E-state index contributed by atoms with van der Waals surface area (Å²) in [4.78, 5) is 11.3. The van der Waals surface area contributed by atoms with E-state index in [0.29, 0.717) is 12.1 Å². The zero-order valence-corrected chi connectivity index (χ0v) is 9.52. The van der Waals surface area contributed by atoms with E-state index in [1.54, 1.807) is 6.92 Å². The number of halogens is 3. The molecule has 0 spiro atoms. The second-order valence-corrected chi connectivity index (χ2v) is 4.26. The van der Waals surface area contributed by atoms with Crippen molar-refractivity contribution in [2.24, 2.45) is 0 Å². The summed E-state index contributed by atoms with van der Waals surface area (Å²) in [7, 11) is 0. The van der Waals surface area contributed by atoms with Gasteiger partial charge in [0.2, 0.25) is 5.91 Å². The number of hydrogen-bond acceptors (Lipinski definition) is 1. The second-order valence-electron chi connectivity index (χ2n) is 3.51. The second kappa shape index (κ2) is 5.80. The number of nitrogens with one attached hydrogen (secondary N) is 1.